The molecule has 330 valence electrons. The molecule has 5 aliphatic rings. The summed E-state index contributed by atoms with van der Waals surface area (Å²) in [5.74, 6) is 2.85. The number of rotatable bonds is 3. The van der Waals surface area contributed by atoms with Crippen molar-refractivity contribution in [2.24, 2.45) is 41.4 Å². The van der Waals surface area contributed by atoms with Crippen LogP contribution in [0.3, 0.4) is 0 Å². The number of carbonyl (C=O) groups excluding carboxylic acids is 2. The zero-order valence-electron chi connectivity index (χ0n) is 40.0. The summed E-state index contributed by atoms with van der Waals surface area (Å²) >= 11 is 5.44. The molecule has 65 heavy (non-hydrogen) atoms. The number of thiophene rings is 3. The highest BCUT2D eigenvalue weighted by Gasteiger charge is 2.59. The highest BCUT2D eigenvalue weighted by atomic mass is 32.1. The SMILES string of the molecule is CC1=Cc2c(C)c3c(c(C)c2C1=C(C#N)C#N)C=C(c1sc(C)c(C)c1C)C3=C(C#N)C#N.Cc1sc(-c2sc(C3CC4C(C)C5C(=O)C(C)CC5C(C)C4C3=O)c(C)c2C)c(C)c1C. The van der Waals surface area contributed by atoms with Crippen LogP contribution in [0.1, 0.15) is 133 Å². The predicted octanol–water partition coefficient (Wildman–Crippen LogP) is 14.3. The first-order valence-electron chi connectivity index (χ1n) is 22.7. The lowest BCUT2D eigenvalue weighted by Gasteiger charge is -2.43. The molecule has 5 aliphatic carbocycles. The maximum Gasteiger partial charge on any atom is 0.144 e. The lowest BCUT2D eigenvalue weighted by molar-refractivity contribution is -0.133. The Morgan fingerprint density at radius 2 is 0.969 bits per heavy atom. The zero-order chi connectivity index (χ0) is 47.4. The number of Topliss-reactive ketones (excluding diaryl/α,β-unsaturated/α-hetero) is 2. The quantitative estimate of drug-likeness (QED) is 0.188. The van der Waals surface area contributed by atoms with E-state index in [0.29, 0.717) is 46.4 Å². The molecule has 6 nitrogen and oxygen atoms in total. The van der Waals surface area contributed by atoms with Gasteiger partial charge in [-0.1, -0.05) is 26.8 Å². The third kappa shape index (κ3) is 6.76. The smallest absolute Gasteiger partial charge is 0.144 e. The van der Waals surface area contributed by atoms with Crippen molar-refractivity contribution in [1.82, 2.24) is 0 Å². The number of carbonyl (C=O) groups is 2. The number of hydrogen-bond acceptors (Lipinski definition) is 9. The number of allylic oxidation sites excluding steroid dienone is 6. The van der Waals surface area contributed by atoms with Crippen LogP contribution in [-0.2, 0) is 9.59 Å². The van der Waals surface area contributed by atoms with Gasteiger partial charge in [0.25, 0.3) is 0 Å². The molecule has 0 N–H and O–H groups in total. The molecule has 0 amide bonds. The average molecular weight is 913 g/mol. The van der Waals surface area contributed by atoms with Gasteiger partial charge in [0.05, 0.1) is 5.92 Å². The Balaban J connectivity index is 0.000000177. The number of hydrogen-bond donors (Lipinski definition) is 0. The number of fused-ring (bicyclic) bond motifs is 4. The summed E-state index contributed by atoms with van der Waals surface area (Å²) in [4.78, 5) is 34.6. The number of ketones is 2. The predicted molar refractivity (Wildman–Crippen MR) is 267 cm³/mol. The van der Waals surface area contributed by atoms with E-state index < -0.39 is 0 Å². The van der Waals surface area contributed by atoms with Crippen LogP contribution in [-0.4, -0.2) is 11.6 Å². The Hall–Kier alpha value is -5.42. The minimum atomic E-state index is 0.0150. The topological polar surface area (TPSA) is 129 Å². The monoisotopic (exact) mass is 912 g/mol. The standard InChI is InChI=1S/C28H20N4S.C28H36O2S2/c1-13-7-21-16(4)26-22(17(5)25(21)24(13)19(9-29)10-30)8-23(27(26)20(11-31)12-32)28-15(3)14(2)18(6)33-28;1-11-9-19-16(6)23-20(17(7)22(19)24(11)29)10-21(25(23)30)26-14(4)15(5)28(32-26)27-13(3)12(2)18(8)31-27/h7-8H,1-6H3;11,16-17,19-23H,9-10H2,1-8H3. The molecule has 9 heteroatoms. The molecule has 0 aliphatic heterocycles. The molecule has 0 spiro atoms. The summed E-state index contributed by atoms with van der Waals surface area (Å²) in [5, 5.41) is 38.8. The molecular formula is C56H56N4O2S3. The van der Waals surface area contributed by atoms with Crippen molar-refractivity contribution in [3.05, 3.63) is 103 Å². The van der Waals surface area contributed by atoms with E-state index in [2.05, 4.69) is 94.4 Å². The van der Waals surface area contributed by atoms with Gasteiger partial charge in [-0.05, 0) is 191 Å². The number of nitrogens with zero attached hydrogens (tertiary/aromatic N) is 4. The zero-order valence-corrected chi connectivity index (χ0v) is 42.5. The Morgan fingerprint density at radius 3 is 1.49 bits per heavy atom. The van der Waals surface area contributed by atoms with Gasteiger partial charge in [0.15, 0.2) is 0 Å². The van der Waals surface area contributed by atoms with Gasteiger partial charge in [-0.2, -0.15) is 21.0 Å². The molecule has 3 fully saturated rings. The minimum absolute atomic E-state index is 0.0150. The normalized spacial score (nSPS) is 24.8. The highest BCUT2D eigenvalue weighted by Crippen LogP contribution is 2.61. The van der Waals surface area contributed by atoms with Crippen molar-refractivity contribution in [2.45, 2.75) is 116 Å². The van der Waals surface area contributed by atoms with E-state index in [1.54, 1.807) is 11.3 Å². The van der Waals surface area contributed by atoms with Crippen LogP contribution in [0, 0.1) is 156 Å². The summed E-state index contributed by atoms with van der Waals surface area (Å²) in [6, 6.07) is 8.32. The van der Waals surface area contributed by atoms with E-state index in [1.165, 1.54) is 52.2 Å². The van der Waals surface area contributed by atoms with E-state index in [9.17, 15) is 30.6 Å². The Kier molecular flexibility index (Phi) is 11.9. The van der Waals surface area contributed by atoms with Gasteiger partial charge < -0.3 is 0 Å². The molecule has 9 rings (SSSR count). The van der Waals surface area contributed by atoms with Crippen molar-refractivity contribution in [2.75, 3.05) is 0 Å². The van der Waals surface area contributed by atoms with Gasteiger partial charge in [-0.25, -0.2) is 0 Å². The van der Waals surface area contributed by atoms with E-state index in [1.807, 2.05) is 61.7 Å². The first kappa shape index (κ1) is 46.1. The van der Waals surface area contributed by atoms with Crippen LogP contribution in [0.15, 0.2) is 16.7 Å². The van der Waals surface area contributed by atoms with Gasteiger partial charge in [0.2, 0.25) is 0 Å². The van der Waals surface area contributed by atoms with Gasteiger partial charge in [0, 0.05) is 63.7 Å². The highest BCUT2D eigenvalue weighted by molar-refractivity contribution is 7.22. The molecule has 8 unspecified atom stereocenters. The van der Waals surface area contributed by atoms with Crippen LogP contribution >= 0.6 is 34.0 Å². The Bertz CT molecular complexity index is 3090. The molecule has 3 saturated carbocycles. The largest absolute Gasteiger partial charge is 0.299 e. The lowest BCUT2D eigenvalue weighted by atomic mass is 9.59. The van der Waals surface area contributed by atoms with Crippen LogP contribution in [0.25, 0.3) is 38.6 Å². The molecule has 4 aromatic rings. The van der Waals surface area contributed by atoms with Crippen LogP contribution in [0.2, 0.25) is 0 Å². The maximum atomic E-state index is 13.9. The van der Waals surface area contributed by atoms with E-state index >= 15 is 0 Å². The molecule has 1 aromatic carbocycles. The van der Waals surface area contributed by atoms with Crippen LogP contribution < -0.4 is 0 Å². The molecular weight excluding hydrogens is 857 g/mol. The Morgan fingerprint density at radius 1 is 0.523 bits per heavy atom. The van der Waals surface area contributed by atoms with Gasteiger partial charge in [-0.15, -0.1) is 34.0 Å². The fourth-order valence-electron chi connectivity index (χ4n) is 12.4. The first-order valence-corrected chi connectivity index (χ1v) is 25.2. The summed E-state index contributed by atoms with van der Waals surface area (Å²) < 4.78 is 0. The van der Waals surface area contributed by atoms with Gasteiger partial charge in [-0.3, -0.25) is 9.59 Å². The third-order valence-electron chi connectivity index (χ3n) is 16.5. The van der Waals surface area contributed by atoms with E-state index in [-0.39, 0.29) is 34.8 Å². The minimum Gasteiger partial charge on any atom is -0.299 e. The number of benzene rings is 1. The molecule has 0 radical (unpaired) electrons. The summed E-state index contributed by atoms with van der Waals surface area (Å²) in [6.45, 7) is 29.9. The summed E-state index contributed by atoms with van der Waals surface area (Å²) in [7, 11) is 0. The van der Waals surface area contributed by atoms with Crippen LogP contribution in [0.4, 0.5) is 0 Å². The van der Waals surface area contributed by atoms with Gasteiger partial charge >= 0.3 is 0 Å². The lowest BCUT2D eigenvalue weighted by Crippen LogP contribution is -2.44. The van der Waals surface area contributed by atoms with Crippen LogP contribution in [0.5, 0.6) is 0 Å². The summed E-state index contributed by atoms with van der Waals surface area (Å²) in [6.07, 6.45) is 5.99. The number of nitriles is 4. The summed E-state index contributed by atoms with van der Waals surface area (Å²) in [5.41, 5.74) is 16.7. The van der Waals surface area contributed by atoms with Crippen molar-refractivity contribution in [1.29, 1.82) is 21.0 Å². The number of aryl methyl sites for hydroxylation is 2. The van der Waals surface area contributed by atoms with Crippen molar-refractivity contribution < 1.29 is 9.59 Å². The van der Waals surface area contributed by atoms with E-state index in [0.717, 1.165) is 67.8 Å². The second-order valence-electron chi connectivity index (χ2n) is 19.5. The second kappa shape index (κ2) is 16.8. The molecule has 3 aromatic heterocycles. The van der Waals surface area contributed by atoms with Crippen molar-refractivity contribution >= 4 is 74.4 Å². The fourth-order valence-corrected chi connectivity index (χ4v) is 16.4. The first-order chi connectivity index (χ1) is 30.7. The van der Waals surface area contributed by atoms with E-state index in [4.69, 9.17) is 0 Å². The molecule has 0 saturated heterocycles. The second-order valence-corrected chi connectivity index (χ2v) is 23.0. The molecule has 3 heterocycles. The Labute approximate surface area is 397 Å². The average Bonchev–Trinajstić information content (AvgIpc) is 4.14. The van der Waals surface area contributed by atoms with Gasteiger partial charge in [0.1, 0.15) is 47.0 Å². The van der Waals surface area contributed by atoms with Crippen molar-refractivity contribution in [3.8, 4) is 34.0 Å². The molecule has 8 atom stereocenters. The fraction of sp³-hybridized carbons (Fsp3) is 0.429. The molecule has 0 bridgehead atoms. The third-order valence-corrected chi connectivity index (χ3v) is 20.8. The maximum absolute atomic E-state index is 13.9. The van der Waals surface area contributed by atoms with Crippen molar-refractivity contribution in [3.63, 3.8) is 0 Å².